The molecule has 2 rings (SSSR count). The summed E-state index contributed by atoms with van der Waals surface area (Å²) in [6.07, 6.45) is 2.69. The second-order valence-electron chi connectivity index (χ2n) is 4.00. The minimum atomic E-state index is -0.501. The topological polar surface area (TPSA) is 21.3 Å². The van der Waals surface area contributed by atoms with Crippen molar-refractivity contribution in [2.45, 2.75) is 25.4 Å². The average Bonchev–Trinajstić information content (AvgIpc) is 2.52. The van der Waals surface area contributed by atoms with Crippen LogP contribution in [0.15, 0.2) is 18.2 Å². The maximum Gasteiger partial charge on any atom is 0.165 e. The summed E-state index contributed by atoms with van der Waals surface area (Å²) in [5.74, 6) is -0.950. The van der Waals surface area contributed by atoms with Crippen molar-refractivity contribution in [1.29, 1.82) is 0 Å². The molecule has 1 fully saturated rings. The molecule has 16 heavy (non-hydrogen) atoms. The first kappa shape index (κ1) is 11.3. The first-order valence-corrected chi connectivity index (χ1v) is 5.58. The molecule has 1 aromatic carbocycles. The van der Waals surface area contributed by atoms with Crippen LogP contribution in [-0.4, -0.2) is 19.2 Å². The van der Waals surface area contributed by atoms with E-state index >= 15 is 0 Å². The van der Waals surface area contributed by atoms with Crippen LogP contribution in [0.1, 0.15) is 19.3 Å². The van der Waals surface area contributed by atoms with Crippen LogP contribution in [0.3, 0.4) is 0 Å². The lowest BCUT2D eigenvalue weighted by molar-refractivity contribution is 0.178. The van der Waals surface area contributed by atoms with Gasteiger partial charge in [-0.15, -0.1) is 0 Å². The average molecular weight is 227 g/mol. The molecule has 1 aliphatic heterocycles. The molecule has 0 spiro atoms. The Morgan fingerprint density at radius 3 is 2.94 bits per heavy atom. The van der Waals surface area contributed by atoms with Crippen molar-refractivity contribution in [2.24, 2.45) is 0 Å². The highest BCUT2D eigenvalue weighted by molar-refractivity contribution is 5.25. The van der Waals surface area contributed by atoms with E-state index in [1.807, 2.05) is 0 Å². The standard InChI is InChI=1S/C12H15F2NO/c13-9-3-4-11(14)12(8-9)16-10-2-1-6-15-7-5-10/h3-4,8,10,15H,1-2,5-7H2. The zero-order valence-electron chi connectivity index (χ0n) is 9.01. The SMILES string of the molecule is Fc1ccc(F)c(OC2CCCNCC2)c1. The zero-order valence-corrected chi connectivity index (χ0v) is 9.01. The molecule has 4 heteroatoms. The Bertz CT molecular complexity index is 349. The van der Waals surface area contributed by atoms with Crippen LogP contribution in [-0.2, 0) is 0 Å². The van der Waals surface area contributed by atoms with Gasteiger partial charge in [0.25, 0.3) is 0 Å². The smallest absolute Gasteiger partial charge is 0.165 e. The Morgan fingerprint density at radius 2 is 2.06 bits per heavy atom. The molecule has 1 heterocycles. The summed E-state index contributed by atoms with van der Waals surface area (Å²) in [6, 6.07) is 3.30. The highest BCUT2D eigenvalue weighted by Crippen LogP contribution is 2.22. The van der Waals surface area contributed by atoms with Gasteiger partial charge in [0.1, 0.15) is 11.9 Å². The van der Waals surface area contributed by atoms with Crippen molar-refractivity contribution in [3.63, 3.8) is 0 Å². The van der Waals surface area contributed by atoms with Crippen molar-refractivity contribution in [1.82, 2.24) is 5.32 Å². The van der Waals surface area contributed by atoms with Crippen LogP contribution in [0.25, 0.3) is 0 Å². The number of nitrogens with one attached hydrogen (secondary N) is 1. The van der Waals surface area contributed by atoms with Crippen LogP contribution in [0, 0.1) is 11.6 Å². The fourth-order valence-electron chi connectivity index (χ4n) is 1.85. The van der Waals surface area contributed by atoms with E-state index in [0.717, 1.165) is 50.6 Å². The summed E-state index contributed by atoms with van der Waals surface area (Å²) in [7, 11) is 0. The van der Waals surface area contributed by atoms with Crippen molar-refractivity contribution >= 4 is 0 Å². The third-order valence-electron chi connectivity index (χ3n) is 2.71. The number of hydrogen-bond acceptors (Lipinski definition) is 2. The third-order valence-corrected chi connectivity index (χ3v) is 2.71. The molecular formula is C12H15F2NO. The van der Waals surface area contributed by atoms with Crippen LogP contribution in [0.4, 0.5) is 8.78 Å². The van der Waals surface area contributed by atoms with E-state index in [1.54, 1.807) is 0 Å². The molecule has 1 N–H and O–H groups in total. The van der Waals surface area contributed by atoms with Gasteiger partial charge < -0.3 is 10.1 Å². The van der Waals surface area contributed by atoms with Crippen LogP contribution in [0.5, 0.6) is 5.75 Å². The van der Waals surface area contributed by atoms with Crippen molar-refractivity contribution in [3.05, 3.63) is 29.8 Å². The molecule has 0 radical (unpaired) electrons. The summed E-state index contributed by atoms with van der Waals surface area (Å²) < 4.78 is 31.7. The van der Waals surface area contributed by atoms with E-state index in [0.29, 0.717) is 0 Å². The molecule has 1 unspecified atom stereocenters. The molecule has 0 saturated carbocycles. The highest BCUT2D eigenvalue weighted by atomic mass is 19.1. The molecule has 0 aliphatic carbocycles. The monoisotopic (exact) mass is 227 g/mol. The Kier molecular flexibility index (Phi) is 3.72. The molecule has 0 bridgehead atoms. The molecule has 1 atom stereocenters. The lowest BCUT2D eigenvalue weighted by Crippen LogP contribution is -2.19. The van der Waals surface area contributed by atoms with Crippen LogP contribution in [0.2, 0.25) is 0 Å². The van der Waals surface area contributed by atoms with E-state index in [2.05, 4.69) is 5.32 Å². The summed E-state index contributed by atoms with van der Waals surface area (Å²) in [5.41, 5.74) is 0. The zero-order chi connectivity index (χ0) is 11.4. The van der Waals surface area contributed by atoms with Gasteiger partial charge in [-0.25, -0.2) is 8.78 Å². The highest BCUT2D eigenvalue weighted by Gasteiger charge is 2.15. The van der Waals surface area contributed by atoms with Crippen molar-refractivity contribution < 1.29 is 13.5 Å². The molecule has 1 aliphatic rings. The second-order valence-corrected chi connectivity index (χ2v) is 4.00. The summed E-state index contributed by atoms with van der Waals surface area (Å²) in [6.45, 7) is 1.83. The Balaban J connectivity index is 2.04. The molecule has 88 valence electrons. The van der Waals surface area contributed by atoms with Gasteiger partial charge in [-0.3, -0.25) is 0 Å². The maximum absolute atomic E-state index is 13.3. The van der Waals surface area contributed by atoms with Gasteiger partial charge in [0.15, 0.2) is 11.6 Å². The van der Waals surface area contributed by atoms with Gasteiger partial charge in [0, 0.05) is 6.07 Å². The summed E-state index contributed by atoms with van der Waals surface area (Å²) in [4.78, 5) is 0. The molecular weight excluding hydrogens is 212 g/mol. The molecule has 0 aromatic heterocycles. The lowest BCUT2D eigenvalue weighted by atomic mass is 10.1. The molecule has 2 nitrogen and oxygen atoms in total. The van der Waals surface area contributed by atoms with Gasteiger partial charge in [-0.1, -0.05) is 0 Å². The molecule has 1 saturated heterocycles. The third kappa shape index (κ3) is 2.92. The van der Waals surface area contributed by atoms with E-state index in [9.17, 15) is 8.78 Å². The quantitative estimate of drug-likeness (QED) is 0.838. The fourth-order valence-corrected chi connectivity index (χ4v) is 1.85. The van der Waals surface area contributed by atoms with Gasteiger partial charge in [0.05, 0.1) is 0 Å². The fraction of sp³-hybridized carbons (Fsp3) is 0.500. The lowest BCUT2D eigenvalue weighted by Gasteiger charge is -2.17. The summed E-state index contributed by atoms with van der Waals surface area (Å²) in [5, 5.41) is 3.24. The molecule has 0 amide bonds. The van der Waals surface area contributed by atoms with E-state index in [-0.39, 0.29) is 11.9 Å². The van der Waals surface area contributed by atoms with Gasteiger partial charge in [0.2, 0.25) is 0 Å². The van der Waals surface area contributed by atoms with Crippen LogP contribution >= 0.6 is 0 Å². The van der Waals surface area contributed by atoms with Gasteiger partial charge in [-0.05, 0) is 44.5 Å². The predicted octanol–water partition coefficient (Wildman–Crippen LogP) is 2.49. The number of hydrogen-bond donors (Lipinski definition) is 1. The van der Waals surface area contributed by atoms with Crippen LogP contribution < -0.4 is 10.1 Å². The minimum Gasteiger partial charge on any atom is -0.487 e. The summed E-state index contributed by atoms with van der Waals surface area (Å²) >= 11 is 0. The Morgan fingerprint density at radius 1 is 1.19 bits per heavy atom. The second kappa shape index (κ2) is 5.25. The maximum atomic E-state index is 13.3. The van der Waals surface area contributed by atoms with E-state index < -0.39 is 11.6 Å². The number of halogens is 2. The minimum absolute atomic E-state index is 0.0203. The van der Waals surface area contributed by atoms with Crippen molar-refractivity contribution in [3.8, 4) is 5.75 Å². The number of benzene rings is 1. The Labute approximate surface area is 93.6 Å². The van der Waals surface area contributed by atoms with E-state index in [1.165, 1.54) is 0 Å². The Hall–Kier alpha value is -1.16. The predicted molar refractivity (Wildman–Crippen MR) is 57.5 cm³/mol. The number of rotatable bonds is 2. The molecule has 1 aromatic rings. The van der Waals surface area contributed by atoms with Crippen molar-refractivity contribution in [2.75, 3.05) is 13.1 Å². The largest absolute Gasteiger partial charge is 0.487 e. The normalized spacial score (nSPS) is 21.5. The first-order valence-electron chi connectivity index (χ1n) is 5.58. The van der Waals surface area contributed by atoms with Gasteiger partial charge >= 0.3 is 0 Å². The first-order chi connectivity index (χ1) is 7.75. The van der Waals surface area contributed by atoms with E-state index in [4.69, 9.17) is 4.74 Å². The number of ether oxygens (including phenoxy) is 1. The van der Waals surface area contributed by atoms with Gasteiger partial charge in [-0.2, -0.15) is 0 Å².